The van der Waals surface area contributed by atoms with Crippen molar-refractivity contribution in [3.63, 3.8) is 0 Å². The van der Waals surface area contributed by atoms with Crippen molar-refractivity contribution in [2.24, 2.45) is 5.73 Å². The molecule has 2 N–H and O–H groups in total. The molecule has 3 nitrogen and oxygen atoms in total. The fourth-order valence-electron chi connectivity index (χ4n) is 1.53. The molecule has 0 radical (unpaired) electrons. The van der Waals surface area contributed by atoms with Gasteiger partial charge in [0.25, 0.3) is 5.91 Å². The van der Waals surface area contributed by atoms with Crippen LogP contribution in [0.25, 0.3) is 0 Å². The second-order valence-electron chi connectivity index (χ2n) is 3.28. The first-order chi connectivity index (χ1) is 6.27. The third-order valence-electron chi connectivity index (χ3n) is 2.24. The number of likely N-dealkylation sites (tertiary alicyclic amines) is 1. The number of carbonyl (C=O) groups is 1. The molecule has 1 atom stereocenters. The standard InChI is InChI=1S/C9H12N2OS.ClH/c10-7-3-4-11(6-7)9(12)8-2-1-5-13-8;/h1-2,5,7H,3-4,6,10H2;1H/t7-;/m0./s1. The Morgan fingerprint density at radius 3 is 2.93 bits per heavy atom. The van der Waals surface area contributed by atoms with Crippen LogP contribution in [-0.4, -0.2) is 29.9 Å². The van der Waals surface area contributed by atoms with Crippen LogP contribution in [-0.2, 0) is 0 Å². The van der Waals surface area contributed by atoms with Crippen molar-refractivity contribution in [2.45, 2.75) is 12.5 Å². The molecule has 0 unspecified atom stereocenters. The number of rotatable bonds is 1. The number of carbonyl (C=O) groups excluding carboxylic acids is 1. The van der Waals surface area contributed by atoms with Gasteiger partial charge in [-0.2, -0.15) is 0 Å². The lowest BCUT2D eigenvalue weighted by molar-refractivity contribution is 0.0795. The fourth-order valence-corrected chi connectivity index (χ4v) is 2.22. The monoisotopic (exact) mass is 232 g/mol. The molecule has 0 aromatic carbocycles. The molecule has 5 heteroatoms. The molecule has 1 aromatic heterocycles. The predicted molar refractivity (Wildman–Crippen MR) is 60.1 cm³/mol. The van der Waals surface area contributed by atoms with Gasteiger partial charge in [-0.25, -0.2) is 0 Å². The van der Waals surface area contributed by atoms with Crippen LogP contribution in [0.1, 0.15) is 16.1 Å². The third-order valence-corrected chi connectivity index (χ3v) is 3.10. The molecule has 0 aliphatic carbocycles. The highest BCUT2D eigenvalue weighted by atomic mass is 35.5. The maximum atomic E-state index is 11.7. The molecule has 1 aliphatic rings. The first-order valence-electron chi connectivity index (χ1n) is 4.36. The van der Waals surface area contributed by atoms with E-state index in [1.165, 1.54) is 11.3 Å². The van der Waals surface area contributed by atoms with Crippen LogP contribution < -0.4 is 5.73 Å². The van der Waals surface area contributed by atoms with Crippen molar-refractivity contribution in [3.8, 4) is 0 Å². The molecule has 1 aliphatic heterocycles. The second kappa shape index (κ2) is 4.77. The van der Waals surface area contributed by atoms with Crippen LogP contribution in [0.3, 0.4) is 0 Å². The van der Waals surface area contributed by atoms with Gasteiger partial charge in [0, 0.05) is 19.1 Å². The molecule has 0 spiro atoms. The molecule has 1 amide bonds. The van der Waals surface area contributed by atoms with E-state index in [-0.39, 0.29) is 24.4 Å². The number of nitrogens with zero attached hydrogens (tertiary/aromatic N) is 1. The van der Waals surface area contributed by atoms with E-state index >= 15 is 0 Å². The maximum Gasteiger partial charge on any atom is 0.263 e. The van der Waals surface area contributed by atoms with Gasteiger partial charge in [0.15, 0.2) is 0 Å². The first kappa shape index (κ1) is 11.5. The largest absolute Gasteiger partial charge is 0.336 e. The average Bonchev–Trinajstić information content (AvgIpc) is 2.72. The summed E-state index contributed by atoms with van der Waals surface area (Å²) in [5.74, 6) is 0.128. The van der Waals surface area contributed by atoms with E-state index < -0.39 is 0 Å². The van der Waals surface area contributed by atoms with Crippen molar-refractivity contribution < 1.29 is 4.79 Å². The summed E-state index contributed by atoms with van der Waals surface area (Å²) in [4.78, 5) is 14.4. The van der Waals surface area contributed by atoms with Crippen LogP contribution in [0.5, 0.6) is 0 Å². The highest BCUT2D eigenvalue weighted by molar-refractivity contribution is 7.12. The minimum atomic E-state index is 0. The van der Waals surface area contributed by atoms with E-state index in [1.54, 1.807) is 0 Å². The molecule has 2 rings (SSSR count). The lowest BCUT2D eigenvalue weighted by Gasteiger charge is -2.13. The normalized spacial score (nSPS) is 20.6. The highest BCUT2D eigenvalue weighted by Gasteiger charge is 2.24. The number of halogens is 1. The fraction of sp³-hybridized carbons (Fsp3) is 0.444. The van der Waals surface area contributed by atoms with Crippen LogP contribution >= 0.6 is 23.7 Å². The van der Waals surface area contributed by atoms with Gasteiger partial charge >= 0.3 is 0 Å². The van der Waals surface area contributed by atoms with Crippen LogP contribution in [0.15, 0.2) is 17.5 Å². The Labute approximate surface area is 93.3 Å². The Kier molecular flexibility index (Phi) is 3.92. The van der Waals surface area contributed by atoms with Crippen molar-refractivity contribution in [3.05, 3.63) is 22.4 Å². The van der Waals surface area contributed by atoms with Crippen LogP contribution in [0.4, 0.5) is 0 Å². The summed E-state index contributed by atoms with van der Waals surface area (Å²) in [6.07, 6.45) is 0.928. The van der Waals surface area contributed by atoms with Gasteiger partial charge in [0.2, 0.25) is 0 Å². The Balaban J connectivity index is 0.000000980. The van der Waals surface area contributed by atoms with Gasteiger partial charge in [-0.15, -0.1) is 23.7 Å². The van der Waals surface area contributed by atoms with E-state index in [2.05, 4.69) is 0 Å². The molecule has 14 heavy (non-hydrogen) atoms. The minimum Gasteiger partial charge on any atom is -0.336 e. The number of amides is 1. The van der Waals surface area contributed by atoms with E-state index in [4.69, 9.17) is 5.73 Å². The van der Waals surface area contributed by atoms with E-state index in [9.17, 15) is 4.79 Å². The molecule has 2 heterocycles. The Morgan fingerprint density at radius 1 is 1.64 bits per heavy atom. The van der Waals surface area contributed by atoms with E-state index in [0.29, 0.717) is 6.54 Å². The maximum absolute atomic E-state index is 11.7. The molecule has 1 saturated heterocycles. The quantitative estimate of drug-likeness (QED) is 0.795. The molecular weight excluding hydrogens is 220 g/mol. The number of thiophene rings is 1. The van der Waals surface area contributed by atoms with Crippen LogP contribution in [0.2, 0.25) is 0 Å². The Hall–Kier alpha value is -0.580. The molecule has 78 valence electrons. The summed E-state index contributed by atoms with van der Waals surface area (Å²) < 4.78 is 0. The molecule has 0 saturated carbocycles. The van der Waals surface area contributed by atoms with Gasteiger partial charge in [0.05, 0.1) is 4.88 Å². The third kappa shape index (κ3) is 2.26. The van der Waals surface area contributed by atoms with Crippen LogP contribution in [0, 0.1) is 0 Å². The Bertz CT molecular complexity index is 302. The lowest BCUT2D eigenvalue weighted by atomic mass is 10.3. The zero-order chi connectivity index (χ0) is 9.26. The summed E-state index contributed by atoms with van der Waals surface area (Å²) in [5, 5.41) is 1.92. The van der Waals surface area contributed by atoms with Gasteiger partial charge in [0.1, 0.15) is 0 Å². The number of hydrogen-bond donors (Lipinski definition) is 1. The smallest absolute Gasteiger partial charge is 0.263 e. The Morgan fingerprint density at radius 2 is 2.43 bits per heavy atom. The second-order valence-corrected chi connectivity index (χ2v) is 4.22. The lowest BCUT2D eigenvalue weighted by Crippen LogP contribution is -2.31. The summed E-state index contributed by atoms with van der Waals surface area (Å²) >= 11 is 1.49. The van der Waals surface area contributed by atoms with E-state index in [0.717, 1.165) is 17.8 Å². The van der Waals surface area contributed by atoms with Gasteiger partial charge in [-0.05, 0) is 17.9 Å². The molecular formula is C9H13ClN2OS. The van der Waals surface area contributed by atoms with Gasteiger partial charge in [-0.1, -0.05) is 6.07 Å². The summed E-state index contributed by atoms with van der Waals surface area (Å²) in [6.45, 7) is 1.51. The van der Waals surface area contributed by atoms with Crippen molar-refractivity contribution in [2.75, 3.05) is 13.1 Å². The first-order valence-corrected chi connectivity index (χ1v) is 5.23. The molecule has 1 aromatic rings. The average molecular weight is 233 g/mol. The minimum absolute atomic E-state index is 0. The van der Waals surface area contributed by atoms with Gasteiger partial charge < -0.3 is 10.6 Å². The van der Waals surface area contributed by atoms with Crippen molar-refractivity contribution in [1.29, 1.82) is 0 Å². The van der Waals surface area contributed by atoms with Crippen molar-refractivity contribution in [1.82, 2.24) is 4.90 Å². The summed E-state index contributed by atoms with van der Waals surface area (Å²) in [5.41, 5.74) is 5.73. The number of hydrogen-bond acceptors (Lipinski definition) is 3. The zero-order valence-electron chi connectivity index (χ0n) is 7.68. The summed E-state index contributed by atoms with van der Waals surface area (Å²) in [7, 11) is 0. The van der Waals surface area contributed by atoms with E-state index in [1.807, 2.05) is 22.4 Å². The SMILES string of the molecule is Cl.N[C@H]1CCN(C(=O)c2cccs2)C1. The molecule has 0 bridgehead atoms. The number of nitrogens with two attached hydrogens (primary N) is 1. The predicted octanol–water partition coefficient (Wildman–Crippen LogP) is 1.34. The summed E-state index contributed by atoms with van der Waals surface area (Å²) in [6, 6.07) is 3.92. The van der Waals surface area contributed by atoms with Gasteiger partial charge in [-0.3, -0.25) is 4.79 Å². The highest BCUT2D eigenvalue weighted by Crippen LogP contribution is 2.15. The van der Waals surface area contributed by atoms with Crippen molar-refractivity contribution >= 4 is 29.7 Å². The zero-order valence-corrected chi connectivity index (χ0v) is 9.31. The topological polar surface area (TPSA) is 46.3 Å². The molecule has 1 fully saturated rings.